The predicted octanol–water partition coefficient (Wildman–Crippen LogP) is 1.96. The summed E-state index contributed by atoms with van der Waals surface area (Å²) in [5, 5.41) is 8.85. The maximum atomic E-state index is 10.8. The summed E-state index contributed by atoms with van der Waals surface area (Å²) in [5.74, 6) is -0.340. The Bertz CT molecular complexity index is 322. The Hall–Kier alpha value is -0.960. The highest BCUT2D eigenvalue weighted by Crippen LogP contribution is 2.39. The number of fused-ring (bicyclic) bond motifs is 1. The molecule has 0 spiro atoms. The van der Waals surface area contributed by atoms with E-state index in [-0.39, 0.29) is 5.92 Å². The van der Waals surface area contributed by atoms with Gasteiger partial charge in [0.25, 0.3) is 0 Å². The van der Waals surface area contributed by atoms with Gasteiger partial charge >= 0.3 is 5.97 Å². The predicted molar refractivity (Wildman–Crippen MR) is 47.5 cm³/mol. The van der Waals surface area contributed by atoms with E-state index in [4.69, 9.17) is 5.11 Å². The molecule has 0 unspecified atom stereocenters. The Balaban J connectivity index is 2.42. The van der Waals surface area contributed by atoms with Crippen molar-refractivity contribution in [2.75, 3.05) is 5.75 Å². The molecule has 0 radical (unpaired) electrons. The van der Waals surface area contributed by atoms with Crippen molar-refractivity contribution < 1.29 is 9.90 Å². The van der Waals surface area contributed by atoms with E-state index in [2.05, 4.69) is 0 Å². The molecule has 3 heteroatoms. The van der Waals surface area contributed by atoms with Gasteiger partial charge in [0.15, 0.2) is 0 Å². The van der Waals surface area contributed by atoms with Crippen LogP contribution in [0.25, 0.3) is 0 Å². The molecule has 0 bridgehead atoms. The number of hydrogen-bond donors (Lipinski definition) is 1. The second-order valence-corrected chi connectivity index (χ2v) is 3.80. The number of carbonyl (C=O) groups is 1. The van der Waals surface area contributed by atoms with Crippen molar-refractivity contribution in [1.82, 2.24) is 0 Å². The SMILES string of the molecule is O=C(O)[C@@H]1CSc2ccccc21. The normalized spacial score (nSPS) is 20.5. The number of carboxylic acids is 1. The molecule has 0 saturated carbocycles. The van der Waals surface area contributed by atoms with Crippen molar-refractivity contribution in [3.05, 3.63) is 29.8 Å². The standard InChI is InChI=1S/C9H8O2S/c10-9(11)7-5-12-8-4-2-1-3-6(7)8/h1-4,7H,5H2,(H,10,11)/t7-/m1/s1. The monoisotopic (exact) mass is 180 g/mol. The van der Waals surface area contributed by atoms with Gasteiger partial charge in [0.2, 0.25) is 0 Å². The summed E-state index contributed by atoms with van der Waals surface area (Å²) in [6, 6.07) is 7.70. The lowest BCUT2D eigenvalue weighted by Crippen LogP contribution is -2.10. The lowest BCUT2D eigenvalue weighted by atomic mass is 10.0. The fourth-order valence-corrected chi connectivity index (χ4v) is 2.59. The molecule has 2 nitrogen and oxygen atoms in total. The number of thioether (sulfide) groups is 1. The van der Waals surface area contributed by atoms with Crippen LogP contribution in [-0.4, -0.2) is 16.8 Å². The summed E-state index contributed by atoms with van der Waals surface area (Å²) >= 11 is 1.62. The van der Waals surface area contributed by atoms with E-state index in [9.17, 15) is 4.79 Å². The van der Waals surface area contributed by atoms with Crippen molar-refractivity contribution in [1.29, 1.82) is 0 Å². The lowest BCUT2D eigenvalue weighted by molar-refractivity contribution is -0.138. The Morgan fingerprint density at radius 1 is 1.50 bits per heavy atom. The van der Waals surface area contributed by atoms with E-state index in [1.807, 2.05) is 24.3 Å². The first-order chi connectivity index (χ1) is 5.79. The molecule has 1 aromatic rings. The Labute approximate surface area is 74.6 Å². The van der Waals surface area contributed by atoms with Crippen molar-refractivity contribution >= 4 is 17.7 Å². The Kier molecular flexibility index (Phi) is 1.81. The van der Waals surface area contributed by atoms with Crippen LogP contribution in [0.3, 0.4) is 0 Å². The van der Waals surface area contributed by atoms with E-state index in [1.165, 1.54) is 0 Å². The number of benzene rings is 1. The van der Waals surface area contributed by atoms with Crippen molar-refractivity contribution in [3.63, 3.8) is 0 Å². The van der Waals surface area contributed by atoms with Crippen LogP contribution >= 0.6 is 11.8 Å². The first-order valence-electron chi connectivity index (χ1n) is 3.73. The lowest BCUT2D eigenvalue weighted by Gasteiger charge is -2.02. The fraction of sp³-hybridized carbons (Fsp3) is 0.222. The zero-order valence-electron chi connectivity index (χ0n) is 6.36. The topological polar surface area (TPSA) is 37.3 Å². The summed E-state index contributed by atoms with van der Waals surface area (Å²) in [5.41, 5.74) is 0.968. The minimum absolute atomic E-state index is 0.300. The van der Waals surface area contributed by atoms with E-state index in [0.717, 1.165) is 10.5 Å². The van der Waals surface area contributed by atoms with Gasteiger partial charge in [-0.25, -0.2) is 0 Å². The van der Waals surface area contributed by atoms with Gasteiger partial charge in [0.1, 0.15) is 0 Å². The minimum atomic E-state index is -0.715. The molecule has 0 aliphatic carbocycles. The van der Waals surface area contributed by atoms with Crippen LogP contribution in [0.15, 0.2) is 29.2 Å². The Morgan fingerprint density at radius 2 is 2.25 bits per heavy atom. The zero-order valence-corrected chi connectivity index (χ0v) is 7.17. The number of rotatable bonds is 1. The number of aliphatic carboxylic acids is 1. The van der Waals surface area contributed by atoms with Crippen molar-refractivity contribution in [2.24, 2.45) is 0 Å². The third kappa shape index (κ3) is 1.10. The molecular formula is C9H8O2S. The summed E-state index contributed by atoms with van der Waals surface area (Å²) in [7, 11) is 0. The second kappa shape index (κ2) is 2.83. The molecular weight excluding hydrogens is 172 g/mol. The highest BCUT2D eigenvalue weighted by atomic mass is 32.2. The molecule has 2 rings (SSSR count). The van der Waals surface area contributed by atoms with E-state index in [1.54, 1.807) is 11.8 Å². The van der Waals surface area contributed by atoms with Gasteiger partial charge < -0.3 is 5.11 Å². The summed E-state index contributed by atoms with van der Waals surface area (Å²) < 4.78 is 0. The van der Waals surface area contributed by atoms with E-state index >= 15 is 0 Å². The van der Waals surface area contributed by atoms with Crippen LogP contribution in [0.4, 0.5) is 0 Å². The summed E-state index contributed by atoms with van der Waals surface area (Å²) in [4.78, 5) is 11.9. The zero-order chi connectivity index (χ0) is 8.55. The molecule has 1 N–H and O–H groups in total. The van der Waals surface area contributed by atoms with Gasteiger partial charge in [-0.15, -0.1) is 11.8 Å². The molecule has 1 aromatic carbocycles. The number of carboxylic acid groups (broad SMARTS) is 1. The fourth-order valence-electron chi connectivity index (χ4n) is 1.37. The first kappa shape index (κ1) is 7.68. The molecule has 0 saturated heterocycles. The van der Waals surface area contributed by atoms with Crippen LogP contribution < -0.4 is 0 Å². The summed E-state index contributed by atoms with van der Waals surface area (Å²) in [6.07, 6.45) is 0. The first-order valence-corrected chi connectivity index (χ1v) is 4.72. The van der Waals surface area contributed by atoms with E-state index in [0.29, 0.717) is 5.75 Å². The van der Waals surface area contributed by atoms with Crippen LogP contribution in [-0.2, 0) is 4.79 Å². The van der Waals surface area contributed by atoms with Crippen LogP contribution in [0.5, 0.6) is 0 Å². The summed E-state index contributed by atoms with van der Waals surface area (Å²) in [6.45, 7) is 0. The third-order valence-corrected chi connectivity index (χ3v) is 3.18. The second-order valence-electron chi connectivity index (χ2n) is 2.74. The van der Waals surface area contributed by atoms with Crippen LogP contribution in [0.1, 0.15) is 11.5 Å². The average Bonchev–Trinajstić information content (AvgIpc) is 2.47. The Morgan fingerprint density at radius 3 is 3.00 bits per heavy atom. The molecule has 0 fully saturated rings. The molecule has 0 amide bonds. The van der Waals surface area contributed by atoms with Crippen molar-refractivity contribution in [3.8, 4) is 0 Å². The molecule has 12 heavy (non-hydrogen) atoms. The smallest absolute Gasteiger partial charge is 0.311 e. The molecule has 1 atom stereocenters. The molecule has 1 aliphatic heterocycles. The van der Waals surface area contributed by atoms with Gasteiger partial charge in [-0.05, 0) is 11.6 Å². The van der Waals surface area contributed by atoms with Crippen LogP contribution in [0.2, 0.25) is 0 Å². The maximum absolute atomic E-state index is 10.8. The van der Waals surface area contributed by atoms with Gasteiger partial charge in [-0.2, -0.15) is 0 Å². The maximum Gasteiger partial charge on any atom is 0.311 e. The molecule has 0 aromatic heterocycles. The van der Waals surface area contributed by atoms with Gasteiger partial charge in [0.05, 0.1) is 5.92 Å². The average molecular weight is 180 g/mol. The molecule has 62 valence electrons. The molecule has 1 heterocycles. The molecule has 1 aliphatic rings. The van der Waals surface area contributed by atoms with E-state index < -0.39 is 5.97 Å². The van der Waals surface area contributed by atoms with Gasteiger partial charge in [-0.3, -0.25) is 4.79 Å². The van der Waals surface area contributed by atoms with Crippen molar-refractivity contribution in [2.45, 2.75) is 10.8 Å². The van der Waals surface area contributed by atoms with Gasteiger partial charge in [0, 0.05) is 10.6 Å². The van der Waals surface area contributed by atoms with Crippen LogP contribution in [0, 0.1) is 0 Å². The third-order valence-electron chi connectivity index (χ3n) is 2.00. The highest BCUT2D eigenvalue weighted by molar-refractivity contribution is 7.99. The minimum Gasteiger partial charge on any atom is -0.481 e. The quantitative estimate of drug-likeness (QED) is 0.717. The highest BCUT2D eigenvalue weighted by Gasteiger charge is 2.28. The largest absolute Gasteiger partial charge is 0.481 e. The number of hydrogen-bond acceptors (Lipinski definition) is 2. The van der Waals surface area contributed by atoms with Gasteiger partial charge in [-0.1, -0.05) is 18.2 Å².